The number of halogens is 1. The lowest BCUT2D eigenvalue weighted by molar-refractivity contribution is -0.192. The Labute approximate surface area is 180 Å². The molecule has 0 amide bonds. The van der Waals surface area contributed by atoms with E-state index in [9.17, 15) is 9.90 Å². The fourth-order valence-corrected chi connectivity index (χ4v) is 4.44. The first-order valence-electron chi connectivity index (χ1n) is 9.92. The zero-order valence-corrected chi connectivity index (χ0v) is 17.9. The van der Waals surface area contributed by atoms with Gasteiger partial charge in [0.2, 0.25) is 0 Å². The molecular formula is C23H25ClO6. The Balaban J connectivity index is 1.62. The molecule has 0 aromatic heterocycles. The molecular weight excluding hydrogens is 408 g/mol. The van der Waals surface area contributed by atoms with Crippen LogP contribution in [0.2, 0.25) is 5.02 Å². The van der Waals surface area contributed by atoms with Crippen molar-refractivity contribution in [3.05, 3.63) is 53.1 Å². The average Bonchev–Trinajstić information content (AvgIpc) is 2.72. The summed E-state index contributed by atoms with van der Waals surface area (Å²) < 4.78 is 23.8. The minimum absolute atomic E-state index is 0.120. The molecule has 0 bridgehead atoms. The van der Waals surface area contributed by atoms with E-state index in [4.69, 9.17) is 30.5 Å². The second kappa shape index (κ2) is 8.00. The second-order valence-corrected chi connectivity index (χ2v) is 8.69. The zero-order chi connectivity index (χ0) is 21.5. The highest BCUT2D eigenvalue weighted by Crippen LogP contribution is 2.52. The van der Waals surface area contributed by atoms with E-state index in [1.807, 2.05) is 32.0 Å². The molecule has 2 aliphatic heterocycles. The van der Waals surface area contributed by atoms with Crippen molar-refractivity contribution in [2.24, 2.45) is 11.8 Å². The number of hydrogen-bond donors (Lipinski definition) is 1. The molecule has 0 radical (unpaired) electrons. The van der Waals surface area contributed by atoms with Crippen LogP contribution in [0.1, 0.15) is 31.9 Å². The van der Waals surface area contributed by atoms with Crippen molar-refractivity contribution in [3.63, 3.8) is 0 Å². The molecule has 0 spiro atoms. The van der Waals surface area contributed by atoms with Crippen LogP contribution in [0.3, 0.4) is 0 Å². The van der Waals surface area contributed by atoms with Gasteiger partial charge >= 0.3 is 5.97 Å². The molecule has 2 aromatic carbocycles. The van der Waals surface area contributed by atoms with E-state index in [0.717, 1.165) is 11.3 Å². The van der Waals surface area contributed by atoms with Gasteiger partial charge in [-0.25, -0.2) is 0 Å². The maximum Gasteiger partial charge on any atom is 0.309 e. The van der Waals surface area contributed by atoms with Gasteiger partial charge in [-0.15, -0.1) is 0 Å². The first-order valence-corrected chi connectivity index (χ1v) is 10.3. The number of methoxy groups -OCH3 is 1. The van der Waals surface area contributed by atoms with Crippen molar-refractivity contribution in [2.45, 2.75) is 38.1 Å². The van der Waals surface area contributed by atoms with Crippen molar-refractivity contribution in [3.8, 4) is 17.2 Å². The number of hydrogen-bond acceptors (Lipinski definition) is 5. The molecule has 1 saturated heterocycles. The molecule has 4 rings (SSSR count). The van der Waals surface area contributed by atoms with Gasteiger partial charge in [-0.1, -0.05) is 11.6 Å². The molecule has 0 saturated carbocycles. The summed E-state index contributed by atoms with van der Waals surface area (Å²) in [7, 11) is 1.61. The van der Waals surface area contributed by atoms with E-state index in [1.54, 1.807) is 31.4 Å². The highest BCUT2D eigenvalue weighted by atomic mass is 35.5. The first-order chi connectivity index (χ1) is 14.3. The summed E-state index contributed by atoms with van der Waals surface area (Å²) in [5, 5.41) is 10.5. The van der Waals surface area contributed by atoms with Crippen molar-refractivity contribution in [2.75, 3.05) is 13.7 Å². The summed E-state index contributed by atoms with van der Waals surface area (Å²) in [6, 6.07) is 12.6. The fourth-order valence-electron chi connectivity index (χ4n) is 4.32. The molecule has 6 nitrogen and oxygen atoms in total. The summed E-state index contributed by atoms with van der Waals surface area (Å²) in [4.78, 5) is 12.0. The van der Waals surface area contributed by atoms with Crippen molar-refractivity contribution < 1.29 is 28.8 Å². The number of carboxylic acids is 1. The maximum absolute atomic E-state index is 12.0. The van der Waals surface area contributed by atoms with Gasteiger partial charge in [-0.05, 0) is 62.7 Å². The number of benzene rings is 2. The van der Waals surface area contributed by atoms with Crippen LogP contribution in [-0.2, 0) is 9.53 Å². The van der Waals surface area contributed by atoms with Gasteiger partial charge in [0, 0.05) is 16.5 Å². The van der Waals surface area contributed by atoms with Crippen LogP contribution >= 0.6 is 11.6 Å². The summed E-state index contributed by atoms with van der Waals surface area (Å²) in [5.41, 5.74) is 0.307. The smallest absolute Gasteiger partial charge is 0.309 e. The topological polar surface area (TPSA) is 74.2 Å². The summed E-state index contributed by atoms with van der Waals surface area (Å²) >= 11 is 5.92. The fraction of sp³-hybridized carbons (Fsp3) is 0.435. The number of rotatable bonds is 5. The SMILES string of the molecule is COc1ccc2c(c1)[C@H]1O[C@@H](COc3ccc(Cl)cc3)[C@H](C(=O)O)C[C@@H]1C(C)(C)O2. The van der Waals surface area contributed by atoms with Crippen molar-refractivity contribution in [1.29, 1.82) is 0 Å². The Morgan fingerprint density at radius 2 is 1.90 bits per heavy atom. The molecule has 0 aliphatic carbocycles. The molecule has 1 fully saturated rings. The molecule has 2 heterocycles. The highest BCUT2D eigenvalue weighted by Gasteiger charge is 2.52. The molecule has 2 aromatic rings. The molecule has 1 N–H and O–H groups in total. The number of fused-ring (bicyclic) bond motifs is 3. The standard InChI is InChI=1S/C23H25ClO6/c1-23(2)18-11-17(22(25)26)20(12-28-14-6-4-13(24)5-7-14)29-21(18)16-10-15(27-3)8-9-19(16)30-23/h4-10,17-18,20-21H,11-12H2,1-3H3,(H,25,26)/t17-,18+,20+,21-/m1/s1. The molecule has 7 heteroatoms. The largest absolute Gasteiger partial charge is 0.497 e. The van der Waals surface area contributed by atoms with Gasteiger partial charge in [0.05, 0.1) is 19.1 Å². The number of aliphatic carboxylic acids is 1. The molecule has 160 valence electrons. The maximum atomic E-state index is 12.0. The lowest BCUT2D eigenvalue weighted by Gasteiger charge is -2.50. The van der Waals surface area contributed by atoms with Crippen LogP contribution in [0.15, 0.2) is 42.5 Å². The van der Waals surface area contributed by atoms with Crippen LogP contribution in [0.4, 0.5) is 0 Å². The van der Waals surface area contributed by atoms with E-state index >= 15 is 0 Å². The predicted octanol–water partition coefficient (Wildman–Crippen LogP) is 4.75. The predicted molar refractivity (Wildman–Crippen MR) is 111 cm³/mol. The Kier molecular flexibility index (Phi) is 5.55. The van der Waals surface area contributed by atoms with Crippen LogP contribution in [-0.4, -0.2) is 36.5 Å². The minimum Gasteiger partial charge on any atom is -0.497 e. The van der Waals surface area contributed by atoms with E-state index < -0.39 is 23.6 Å². The van der Waals surface area contributed by atoms with E-state index in [1.165, 1.54) is 0 Å². The van der Waals surface area contributed by atoms with Gasteiger partial charge in [-0.3, -0.25) is 4.79 Å². The average molecular weight is 433 g/mol. The molecule has 4 atom stereocenters. The summed E-state index contributed by atoms with van der Waals surface area (Å²) in [6.07, 6.45) is -0.487. The van der Waals surface area contributed by atoms with E-state index in [2.05, 4.69) is 0 Å². The normalized spacial score (nSPS) is 26.7. The number of carbonyl (C=O) groups is 1. The van der Waals surface area contributed by atoms with E-state index in [0.29, 0.717) is 22.9 Å². The van der Waals surface area contributed by atoms with Crippen LogP contribution < -0.4 is 14.2 Å². The Hall–Kier alpha value is -2.44. The van der Waals surface area contributed by atoms with Crippen LogP contribution in [0.5, 0.6) is 17.2 Å². The van der Waals surface area contributed by atoms with Gasteiger partial charge < -0.3 is 24.1 Å². The summed E-state index contributed by atoms with van der Waals surface area (Å²) in [5.74, 6) is 0.328. The third-order valence-corrected chi connectivity index (χ3v) is 6.23. The lowest BCUT2D eigenvalue weighted by Crippen LogP contribution is -2.53. The first kappa shape index (κ1) is 20.8. The zero-order valence-electron chi connectivity index (χ0n) is 17.1. The minimum atomic E-state index is -0.898. The quantitative estimate of drug-likeness (QED) is 0.735. The number of ether oxygens (including phenoxy) is 4. The van der Waals surface area contributed by atoms with Crippen LogP contribution in [0, 0.1) is 11.8 Å². The lowest BCUT2D eigenvalue weighted by atomic mass is 9.72. The van der Waals surface area contributed by atoms with Gasteiger partial charge in [0.1, 0.15) is 35.6 Å². The monoisotopic (exact) mass is 432 g/mol. The number of carboxylic acid groups (broad SMARTS) is 1. The summed E-state index contributed by atoms with van der Waals surface area (Å²) in [6.45, 7) is 4.08. The second-order valence-electron chi connectivity index (χ2n) is 8.26. The van der Waals surface area contributed by atoms with Crippen molar-refractivity contribution >= 4 is 17.6 Å². The van der Waals surface area contributed by atoms with Gasteiger partial charge in [-0.2, -0.15) is 0 Å². The van der Waals surface area contributed by atoms with Crippen LogP contribution in [0.25, 0.3) is 0 Å². The Morgan fingerprint density at radius 1 is 1.20 bits per heavy atom. The van der Waals surface area contributed by atoms with Gasteiger partial charge in [0.25, 0.3) is 0 Å². The van der Waals surface area contributed by atoms with Gasteiger partial charge in [0.15, 0.2) is 0 Å². The van der Waals surface area contributed by atoms with E-state index in [-0.39, 0.29) is 18.6 Å². The third-order valence-electron chi connectivity index (χ3n) is 5.98. The van der Waals surface area contributed by atoms with Crippen molar-refractivity contribution in [1.82, 2.24) is 0 Å². The Bertz CT molecular complexity index is 926. The third kappa shape index (κ3) is 3.94. The molecule has 0 unspecified atom stereocenters. The Morgan fingerprint density at radius 3 is 2.57 bits per heavy atom. The highest BCUT2D eigenvalue weighted by molar-refractivity contribution is 6.30. The molecule has 2 aliphatic rings. The molecule has 30 heavy (non-hydrogen) atoms.